The fourth-order valence-electron chi connectivity index (χ4n) is 1.82. The molecule has 0 spiro atoms. The van der Waals surface area contributed by atoms with Crippen molar-refractivity contribution in [2.45, 2.75) is 0 Å². The summed E-state index contributed by atoms with van der Waals surface area (Å²) in [5.74, 6) is -1.46. The summed E-state index contributed by atoms with van der Waals surface area (Å²) in [5.41, 5.74) is 0.873. The Labute approximate surface area is 179 Å². The van der Waals surface area contributed by atoms with Gasteiger partial charge in [-0.05, 0) is 87.7 Å². The smallest absolute Gasteiger partial charge is 0.337 e. The highest BCUT2D eigenvalue weighted by atomic mass is 127. The average Bonchev–Trinajstić information content (AvgIpc) is 2.49. The van der Waals surface area contributed by atoms with Crippen molar-refractivity contribution < 1.29 is 14.7 Å². The zero-order valence-electron chi connectivity index (χ0n) is 11.8. The molecule has 0 saturated carbocycles. The molecule has 0 fully saturated rings. The standard InChI is InChI=1S/C15H9BrI2N2O3S/c16-8-3-1-2-7(4-8)13(21)20-15(24)19-12-10(14(22)23)5-9(17)6-11(12)18/h1-6H,(H,22,23)(H2,19,20,21,24). The van der Waals surface area contributed by atoms with Gasteiger partial charge in [0.1, 0.15) is 0 Å². The minimum atomic E-state index is -1.07. The number of hydrogen-bond acceptors (Lipinski definition) is 3. The number of carbonyl (C=O) groups is 2. The predicted octanol–water partition coefficient (Wildman–Crippen LogP) is 4.48. The summed E-state index contributed by atoms with van der Waals surface area (Å²) in [6.07, 6.45) is 0. The van der Waals surface area contributed by atoms with Crippen LogP contribution in [0.1, 0.15) is 20.7 Å². The summed E-state index contributed by atoms with van der Waals surface area (Å²) >= 11 is 12.5. The Bertz CT molecular complexity index is 845. The third-order valence-corrected chi connectivity index (χ3v) is 5.01. The molecule has 3 N–H and O–H groups in total. The van der Waals surface area contributed by atoms with Gasteiger partial charge in [-0.2, -0.15) is 0 Å². The predicted molar refractivity (Wildman–Crippen MR) is 117 cm³/mol. The van der Waals surface area contributed by atoms with Gasteiger partial charge in [-0.15, -0.1) is 0 Å². The maximum Gasteiger partial charge on any atom is 0.337 e. The van der Waals surface area contributed by atoms with Gasteiger partial charge in [-0.1, -0.05) is 22.0 Å². The van der Waals surface area contributed by atoms with Gasteiger partial charge in [0.25, 0.3) is 5.91 Å². The van der Waals surface area contributed by atoms with E-state index < -0.39 is 5.97 Å². The van der Waals surface area contributed by atoms with E-state index in [1.807, 2.05) is 51.2 Å². The lowest BCUT2D eigenvalue weighted by Crippen LogP contribution is -2.34. The fourth-order valence-corrected chi connectivity index (χ4v) is 4.39. The number of halogens is 3. The number of hydrogen-bond donors (Lipinski definition) is 3. The topological polar surface area (TPSA) is 78.4 Å². The second-order valence-electron chi connectivity index (χ2n) is 4.53. The highest BCUT2D eigenvalue weighted by molar-refractivity contribution is 14.1. The molecule has 0 aliphatic carbocycles. The number of carboxylic acid groups (broad SMARTS) is 1. The van der Waals surface area contributed by atoms with Gasteiger partial charge >= 0.3 is 5.97 Å². The molecule has 2 rings (SSSR count). The molecule has 124 valence electrons. The fraction of sp³-hybridized carbons (Fsp3) is 0. The van der Waals surface area contributed by atoms with E-state index in [4.69, 9.17) is 12.2 Å². The lowest BCUT2D eigenvalue weighted by Gasteiger charge is -2.14. The number of nitrogens with one attached hydrogen (secondary N) is 2. The van der Waals surface area contributed by atoms with E-state index in [2.05, 4.69) is 26.6 Å². The minimum absolute atomic E-state index is 0.0293. The Morgan fingerprint density at radius 2 is 1.88 bits per heavy atom. The van der Waals surface area contributed by atoms with E-state index in [1.165, 1.54) is 6.07 Å². The molecule has 0 aliphatic heterocycles. The second kappa shape index (κ2) is 8.54. The van der Waals surface area contributed by atoms with E-state index in [0.717, 1.165) is 8.04 Å². The Kier molecular flexibility index (Phi) is 6.95. The zero-order valence-corrected chi connectivity index (χ0v) is 18.5. The molecule has 2 aromatic carbocycles. The van der Waals surface area contributed by atoms with Crippen molar-refractivity contribution in [3.63, 3.8) is 0 Å². The molecule has 0 radical (unpaired) electrons. The zero-order chi connectivity index (χ0) is 17.9. The molecule has 0 aromatic heterocycles. The van der Waals surface area contributed by atoms with Crippen molar-refractivity contribution in [3.8, 4) is 0 Å². The average molecular weight is 631 g/mol. The van der Waals surface area contributed by atoms with Crippen molar-refractivity contribution in [1.29, 1.82) is 0 Å². The van der Waals surface area contributed by atoms with Crippen LogP contribution in [0.5, 0.6) is 0 Å². The van der Waals surface area contributed by atoms with E-state index in [0.29, 0.717) is 14.8 Å². The number of rotatable bonds is 3. The summed E-state index contributed by atoms with van der Waals surface area (Å²) in [4.78, 5) is 23.6. The maximum atomic E-state index is 12.2. The summed E-state index contributed by atoms with van der Waals surface area (Å²) in [6, 6.07) is 10.2. The number of anilines is 1. The molecular weight excluding hydrogens is 622 g/mol. The minimum Gasteiger partial charge on any atom is -0.478 e. The quantitative estimate of drug-likeness (QED) is 0.344. The first-order valence-electron chi connectivity index (χ1n) is 6.38. The lowest BCUT2D eigenvalue weighted by molar-refractivity contribution is 0.0697. The first-order chi connectivity index (χ1) is 11.3. The van der Waals surface area contributed by atoms with Crippen LogP contribution in [0.4, 0.5) is 5.69 Å². The summed E-state index contributed by atoms with van der Waals surface area (Å²) in [7, 11) is 0. The van der Waals surface area contributed by atoms with Gasteiger partial charge in [0.05, 0.1) is 11.3 Å². The Morgan fingerprint density at radius 3 is 2.50 bits per heavy atom. The molecular formula is C15H9BrI2N2O3S. The van der Waals surface area contributed by atoms with E-state index in [-0.39, 0.29) is 16.6 Å². The monoisotopic (exact) mass is 630 g/mol. The van der Waals surface area contributed by atoms with Gasteiger partial charge in [0.15, 0.2) is 5.11 Å². The van der Waals surface area contributed by atoms with Crippen molar-refractivity contribution in [3.05, 3.63) is 59.1 Å². The molecule has 0 aliphatic rings. The van der Waals surface area contributed by atoms with Crippen LogP contribution < -0.4 is 10.6 Å². The maximum absolute atomic E-state index is 12.2. The van der Waals surface area contributed by atoms with E-state index in [1.54, 1.807) is 24.3 Å². The highest BCUT2D eigenvalue weighted by Gasteiger charge is 2.17. The molecule has 0 heterocycles. The van der Waals surface area contributed by atoms with Gasteiger partial charge in [0, 0.05) is 17.2 Å². The normalized spacial score (nSPS) is 10.1. The van der Waals surface area contributed by atoms with Gasteiger partial charge in [-0.3, -0.25) is 10.1 Å². The number of carboxylic acids is 1. The molecule has 0 saturated heterocycles. The van der Waals surface area contributed by atoms with E-state index in [9.17, 15) is 14.7 Å². The first-order valence-corrected chi connectivity index (χ1v) is 9.74. The molecule has 0 bridgehead atoms. The van der Waals surface area contributed by atoms with Gasteiger partial charge < -0.3 is 10.4 Å². The third kappa shape index (κ3) is 5.10. The lowest BCUT2D eigenvalue weighted by atomic mass is 10.2. The number of carbonyl (C=O) groups excluding carboxylic acids is 1. The van der Waals surface area contributed by atoms with Crippen LogP contribution >= 0.6 is 73.3 Å². The van der Waals surface area contributed by atoms with Crippen molar-refractivity contribution in [1.82, 2.24) is 5.32 Å². The van der Waals surface area contributed by atoms with Gasteiger partial charge in [-0.25, -0.2) is 4.79 Å². The Balaban J connectivity index is 2.18. The largest absolute Gasteiger partial charge is 0.478 e. The van der Waals surface area contributed by atoms with Crippen molar-refractivity contribution >= 4 is 96.0 Å². The Hall–Kier alpha value is -0.790. The van der Waals surface area contributed by atoms with Crippen molar-refractivity contribution in [2.75, 3.05) is 5.32 Å². The molecule has 1 amide bonds. The molecule has 0 unspecified atom stereocenters. The number of thiocarbonyl (C=S) groups is 1. The number of aromatic carboxylic acids is 1. The second-order valence-corrected chi connectivity index (χ2v) is 8.27. The summed E-state index contributed by atoms with van der Waals surface area (Å²) in [5, 5.41) is 14.7. The van der Waals surface area contributed by atoms with Crippen molar-refractivity contribution in [2.24, 2.45) is 0 Å². The number of benzene rings is 2. The first kappa shape index (κ1) is 19.5. The molecule has 24 heavy (non-hydrogen) atoms. The van der Waals surface area contributed by atoms with Crippen LogP contribution in [0.15, 0.2) is 40.9 Å². The SMILES string of the molecule is O=C(NC(=S)Nc1c(I)cc(I)cc1C(=O)O)c1cccc(Br)c1. The van der Waals surface area contributed by atoms with E-state index >= 15 is 0 Å². The molecule has 2 aromatic rings. The number of amides is 1. The van der Waals surface area contributed by atoms with Crippen LogP contribution in [0.2, 0.25) is 0 Å². The highest BCUT2D eigenvalue weighted by Crippen LogP contribution is 2.26. The molecule has 0 atom stereocenters. The molecule has 9 heteroatoms. The Morgan fingerprint density at radius 1 is 1.17 bits per heavy atom. The summed E-state index contributed by atoms with van der Waals surface area (Å²) in [6.45, 7) is 0. The van der Waals surface area contributed by atoms with Crippen LogP contribution in [-0.4, -0.2) is 22.1 Å². The summed E-state index contributed by atoms with van der Waals surface area (Å²) < 4.78 is 2.26. The van der Waals surface area contributed by atoms with Crippen LogP contribution in [-0.2, 0) is 0 Å². The molecule has 5 nitrogen and oxygen atoms in total. The van der Waals surface area contributed by atoms with Gasteiger partial charge in [0.2, 0.25) is 0 Å². The van der Waals surface area contributed by atoms with Crippen LogP contribution in [0.25, 0.3) is 0 Å². The van der Waals surface area contributed by atoms with Crippen LogP contribution in [0, 0.1) is 7.14 Å². The van der Waals surface area contributed by atoms with Crippen LogP contribution in [0.3, 0.4) is 0 Å². The third-order valence-electron chi connectivity index (χ3n) is 2.84.